The van der Waals surface area contributed by atoms with Crippen LogP contribution in [-0.2, 0) is 0 Å². The van der Waals surface area contributed by atoms with Gasteiger partial charge in [-0.15, -0.1) is 0 Å². The van der Waals surface area contributed by atoms with Crippen LogP contribution in [0.2, 0.25) is 0 Å². The number of aliphatic hydroxyl groups excluding tert-OH is 1. The van der Waals surface area contributed by atoms with Crippen LogP contribution in [0, 0.1) is 5.92 Å². The van der Waals surface area contributed by atoms with Crippen LogP contribution >= 0.6 is 0 Å². The zero-order valence-electron chi connectivity index (χ0n) is 12.4. The molecular weight excluding hydrogens is 272 g/mol. The Morgan fingerprint density at radius 3 is 2.76 bits per heavy atom. The van der Waals surface area contributed by atoms with Crippen molar-refractivity contribution in [2.24, 2.45) is 5.92 Å². The van der Waals surface area contributed by atoms with Gasteiger partial charge in [0.15, 0.2) is 0 Å². The van der Waals surface area contributed by atoms with E-state index in [1.807, 2.05) is 0 Å². The summed E-state index contributed by atoms with van der Waals surface area (Å²) in [6.07, 6.45) is 2.81. The van der Waals surface area contributed by atoms with Crippen LogP contribution in [0.5, 0.6) is 11.5 Å². The fraction of sp³-hybridized carbons (Fsp3) is 0.533. The zero-order valence-corrected chi connectivity index (χ0v) is 12.4. The van der Waals surface area contributed by atoms with Gasteiger partial charge in [-0.2, -0.15) is 0 Å². The second kappa shape index (κ2) is 6.67. The maximum absolute atomic E-state index is 12.4. The lowest BCUT2D eigenvalue weighted by Gasteiger charge is -2.20. The predicted molar refractivity (Wildman–Crippen MR) is 79.6 cm³/mol. The number of carbonyl (C=O) groups is 1. The van der Waals surface area contributed by atoms with Crippen molar-refractivity contribution >= 4 is 11.6 Å². The summed E-state index contributed by atoms with van der Waals surface area (Å²) in [7, 11) is 3.01. The molecule has 2 rings (SSSR count). The standard InChI is InChI=1S/C15H22N2O4/c1-20-10-6-11(14(16)13(7-10)21-2)15(19)17-12-5-3-4-9(12)8-18/h6-7,9,12,18H,3-5,8,16H2,1-2H3,(H,17,19). The number of nitrogens with one attached hydrogen (secondary N) is 1. The second-order valence-electron chi connectivity index (χ2n) is 5.24. The minimum atomic E-state index is -0.268. The molecule has 0 spiro atoms. The van der Waals surface area contributed by atoms with E-state index < -0.39 is 0 Å². The van der Waals surface area contributed by atoms with Crippen LogP contribution in [0.1, 0.15) is 29.6 Å². The first-order valence-electron chi connectivity index (χ1n) is 7.04. The lowest BCUT2D eigenvalue weighted by Crippen LogP contribution is -2.38. The van der Waals surface area contributed by atoms with Crippen molar-refractivity contribution in [2.75, 3.05) is 26.6 Å². The lowest BCUT2D eigenvalue weighted by atomic mass is 10.0. The first kappa shape index (κ1) is 15.4. The average Bonchev–Trinajstić information content (AvgIpc) is 2.94. The lowest BCUT2D eigenvalue weighted by molar-refractivity contribution is 0.0916. The molecule has 0 aliphatic heterocycles. The van der Waals surface area contributed by atoms with Crippen molar-refractivity contribution in [2.45, 2.75) is 25.3 Å². The van der Waals surface area contributed by atoms with E-state index in [4.69, 9.17) is 15.2 Å². The van der Waals surface area contributed by atoms with Gasteiger partial charge in [0, 0.05) is 24.6 Å². The molecule has 0 radical (unpaired) electrons. The third-order valence-corrected chi connectivity index (χ3v) is 4.03. The van der Waals surface area contributed by atoms with Crippen LogP contribution in [0.25, 0.3) is 0 Å². The van der Waals surface area contributed by atoms with E-state index in [0.29, 0.717) is 17.1 Å². The van der Waals surface area contributed by atoms with Crippen molar-refractivity contribution < 1.29 is 19.4 Å². The molecule has 2 unspecified atom stereocenters. The molecule has 6 heteroatoms. The molecule has 21 heavy (non-hydrogen) atoms. The van der Waals surface area contributed by atoms with Gasteiger partial charge in [0.05, 0.1) is 25.5 Å². The van der Waals surface area contributed by atoms with Crippen LogP contribution in [-0.4, -0.2) is 37.9 Å². The van der Waals surface area contributed by atoms with E-state index in [1.54, 1.807) is 12.1 Å². The highest BCUT2D eigenvalue weighted by molar-refractivity contribution is 6.01. The molecule has 1 aromatic carbocycles. The van der Waals surface area contributed by atoms with Gasteiger partial charge in [0.25, 0.3) is 5.91 Å². The molecule has 0 heterocycles. The molecule has 6 nitrogen and oxygen atoms in total. The Kier molecular flexibility index (Phi) is 4.90. The highest BCUT2D eigenvalue weighted by atomic mass is 16.5. The summed E-state index contributed by atoms with van der Waals surface area (Å²) in [4.78, 5) is 12.4. The van der Waals surface area contributed by atoms with E-state index in [9.17, 15) is 9.90 Å². The monoisotopic (exact) mass is 294 g/mol. The summed E-state index contributed by atoms with van der Waals surface area (Å²) in [5.41, 5.74) is 6.58. The van der Waals surface area contributed by atoms with Crippen LogP contribution in [0.4, 0.5) is 5.69 Å². The van der Waals surface area contributed by atoms with Crippen LogP contribution in [0.15, 0.2) is 12.1 Å². The smallest absolute Gasteiger partial charge is 0.253 e. The molecule has 0 bridgehead atoms. The Balaban J connectivity index is 2.22. The number of nitrogens with two attached hydrogens (primary N) is 1. The number of methoxy groups -OCH3 is 2. The van der Waals surface area contributed by atoms with Crippen LogP contribution < -0.4 is 20.5 Å². The molecule has 1 aliphatic rings. The highest BCUT2D eigenvalue weighted by Gasteiger charge is 2.29. The van der Waals surface area contributed by atoms with Gasteiger partial charge in [-0.05, 0) is 18.9 Å². The fourth-order valence-corrected chi connectivity index (χ4v) is 2.77. The second-order valence-corrected chi connectivity index (χ2v) is 5.24. The van der Waals surface area contributed by atoms with Crippen molar-refractivity contribution in [3.63, 3.8) is 0 Å². The Bertz CT molecular complexity index is 519. The van der Waals surface area contributed by atoms with E-state index in [0.717, 1.165) is 19.3 Å². The number of rotatable bonds is 5. The van der Waals surface area contributed by atoms with Gasteiger partial charge >= 0.3 is 0 Å². The Morgan fingerprint density at radius 1 is 1.38 bits per heavy atom. The molecule has 0 saturated heterocycles. The summed E-state index contributed by atoms with van der Waals surface area (Å²) in [5.74, 6) is 0.763. The normalized spacial score (nSPS) is 21.1. The Morgan fingerprint density at radius 2 is 2.14 bits per heavy atom. The largest absolute Gasteiger partial charge is 0.497 e. The Labute approximate surface area is 124 Å². The number of hydrogen-bond acceptors (Lipinski definition) is 5. The molecule has 2 atom stereocenters. The number of nitrogen functional groups attached to an aromatic ring is 1. The summed E-state index contributed by atoms with van der Waals surface area (Å²) < 4.78 is 10.3. The summed E-state index contributed by atoms with van der Waals surface area (Å²) >= 11 is 0. The zero-order chi connectivity index (χ0) is 15.4. The van der Waals surface area contributed by atoms with Gasteiger partial charge in [-0.1, -0.05) is 6.42 Å². The SMILES string of the molecule is COc1cc(OC)c(N)c(C(=O)NC2CCCC2CO)c1. The first-order chi connectivity index (χ1) is 10.1. The topological polar surface area (TPSA) is 93.8 Å². The fourth-order valence-electron chi connectivity index (χ4n) is 2.77. The molecule has 0 aromatic heterocycles. The van der Waals surface area contributed by atoms with Crippen molar-refractivity contribution in [1.82, 2.24) is 5.32 Å². The number of benzene rings is 1. The van der Waals surface area contributed by atoms with Crippen LogP contribution in [0.3, 0.4) is 0 Å². The quantitative estimate of drug-likeness (QED) is 0.709. The third kappa shape index (κ3) is 3.21. The highest BCUT2D eigenvalue weighted by Crippen LogP contribution is 2.32. The van der Waals surface area contributed by atoms with Gasteiger partial charge < -0.3 is 25.6 Å². The maximum Gasteiger partial charge on any atom is 0.253 e. The summed E-state index contributed by atoms with van der Waals surface area (Å²) in [6.45, 7) is 0.0852. The van der Waals surface area contributed by atoms with Crippen molar-refractivity contribution in [3.8, 4) is 11.5 Å². The summed E-state index contributed by atoms with van der Waals surface area (Å²) in [5, 5.41) is 12.3. The molecule has 1 fully saturated rings. The van der Waals surface area contributed by atoms with E-state index >= 15 is 0 Å². The number of hydrogen-bond donors (Lipinski definition) is 3. The molecule has 1 aliphatic carbocycles. The molecular formula is C15H22N2O4. The van der Waals surface area contributed by atoms with Gasteiger partial charge in [0.1, 0.15) is 11.5 Å². The minimum Gasteiger partial charge on any atom is -0.497 e. The molecule has 1 aromatic rings. The van der Waals surface area contributed by atoms with E-state index in [-0.39, 0.29) is 30.2 Å². The number of aliphatic hydroxyl groups is 1. The summed E-state index contributed by atoms with van der Waals surface area (Å²) in [6, 6.07) is 3.22. The Hall–Kier alpha value is -1.95. The maximum atomic E-state index is 12.4. The average molecular weight is 294 g/mol. The molecule has 4 N–H and O–H groups in total. The number of anilines is 1. The molecule has 1 amide bonds. The van der Waals surface area contributed by atoms with Gasteiger partial charge in [0.2, 0.25) is 0 Å². The molecule has 1 saturated carbocycles. The van der Waals surface area contributed by atoms with E-state index in [1.165, 1.54) is 14.2 Å². The number of amides is 1. The predicted octanol–water partition coefficient (Wildman–Crippen LogP) is 1.18. The van der Waals surface area contributed by atoms with E-state index in [2.05, 4.69) is 5.32 Å². The van der Waals surface area contributed by atoms with Crippen molar-refractivity contribution in [3.05, 3.63) is 17.7 Å². The first-order valence-corrected chi connectivity index (χ1v) is 7.04. The minimum absolute atomic E-state index is 0.0147. The molecule has 116 valence electrons. The van der Waals surface area contributed by atoms with Gasteiger partial charge in [-0.25, -0.2) is 0 Å². The third-order valence-electron chi connectivity index (χ3n) is 4.03. The van der Waals surface area contributed by atoms with Gasteiger partial charge in [-0.3, -0.25) is 4.79 Å². The number of ether oxygens (including phenoxy) is 2. The van der Waals surface area contributed by atoms with Crippen molar-refractivity contribution in [1.29, 1.82) is 0 Å². The number of carbonyl (C=O) groups excluding carboxylic acids is 1.